The smallest absolute Gasteiger partial charge is 0.227 e. The minimum atomic E-state index is 0.596. The molecule has 1 heterocycles. The molecule has 0 radical (unpaired) electrons. The number of anilines is 2. The number of aromatic nitrogens is 2. The molecule has 108 valence electrons. The summed E-state index contributed by atoms with van der Waals surface area (Å²) < 4.78 is 0. The molecule has 22 heavy (non-hydrogen) atoms. The summed E-state index contributed by atoms with van der Waals surface area (Å²) in [5.74, 6) is 0.596. The molecule has 3 heteroatoms. The number of nitrogens with zero attached hydrogens (tertiary/aromatic N) is 2. The fourth-order valence-electron chi connectivity index (χ4n) is 2.04. The molecule has 3 rings (SSSR count). The predicted octanol–water partition coefficient (Wildman–Crippen LogP) is 4.70. The minimum Gasteiger partial charge on any atom is -0.324 e. The third-order valence-electron chi connectivity index (χ3n) is 3.23. The van der Waals surface area contributed by atoms with E-state index in [0.29, 0.717) is 5.95 Å². The van der Waals surface area contributed by atoms with Crippen molar-refractivity contribution >= 4 is 23.8 Å². The molecule has 0 aliphatic carbocycles. The van der Waals surface area contributed by atoms with Crippen LogP contribution >= 0.6 is 0 Å². The second-order valence-corrected chi connectivity index (χ2v) is 5.04. The van der Waals surface area contributed by atoms with E-state index in [1.54, 1.807) is 6.20 Å². The van der Waals surface area contributed by atoms with Crippen LogP contribution in [0, 0.1) is 6.92 Å². The average molecular weight is 287 g/mol. The number of nitrogens with one attached hydrogen (secondary N) is 1. The van der Waals surface area contributed by atoms with Crippen LogP contribution in [0.25, 0.3) is 12.2 Å². The first-order valence-electron chi connectivity index (χ1n) is 7.19. The second-order valence-electron chi connectivity index (χ2n) is 5.04. The number of aryl methyl sites for hydroxylation is 1. The summed E-state index contributed by atoms with van der Waals surface area (Å²) >= 11 is 0. The van der Waals surface area contributed by atoms with E-state index in [9.17, 15) is 0 Å². The number of hydrogen-bond donors (Lipinski definition) is 1. The lowest BCUT2D eigenvalue weighted by Gasteiger charge is -2.05. The molecule has 0 spiro atoms. The molecule has 0 aliphatic rings. The highest BCUT2D eigenvalue weighted by molar-refractivity contribution is 5.68. The van der Waals surface area contributed by atoms with Crippen molar-refractivity contribution in [1.29, 1.82) is 0 Å². The summed E-state index contributed by atoms with van der Waals surface area (Å²) in [5.41, 5.74) is 4.23. The third kappa shape index (κ3) is 3.79. The molecule has 0 saturated heterocycles. The highest BCUT2D eigenvalue weighted by Gasteiger charge is 1.98. The van der Waals surface area contributed by atoms with Gasteiger partial charge in [-0.1, -0.05) is 54.1 Å². The van der Waals surface area contributed by atoms with Gasteiger partial charge in [0, 0.05) is 11.9 Å². The zero-order valence-corrected chi connectivity index (χ0v) is 12.4. The number of benzene rings is 2. The fraction of sp³-hybridized carbons (Fsp3) is 0.0526. The molecule has 1 N–H and O–H groups in total. The van der Waals surface area contributed by atoms with Crippen LogP contribution < -0.4 is 5.32 Å². The summed E-state index contributed by atoms with van der Waals surface area (Å²) in [6.07, 6.45) is 5.78. The van der Waals surface area contributed by atoms with E-state index in [1.807, 2.05) is 48.6 Å². The van der Waals surface area contributed by atoms with Crippen molar-refractivity contribution in [2.45, 2.75) is 6.92 Å². The molecule has 0 fully saturated rings. The fourth-order valence-corrected chi connectivity index (χ4v) is 2.04. The molecule has 2 aromatic carbocycles. The van der Waals surface area contributed by atoms with Crippen LogP contribution in [-0.4, -0.2) is 9.97 Å². The summed E-state index contributed by atoms with van der Waals surface area (Å²) in [4.78, 5) is 8.75. The van der Waals surface area contributed by atoms with Crippen molar-refractivity contribution in [3.8, 4) is 0 Å². The lowest BCUT2D eigenvalue weighted by molar-refractivity contribution is 1.15. The maximum atomic E-state index is 4.50. The standard InChI is InChI=1S/C19H17N3/c1-15-7-10-17(11-8-15)21-19-20-14-13-18(22-19)12-9-16-5-3-2-4-6-16/h2-14H,1H3,(H,20,21,22)/b12-9+. The summed E-state index contributed by atoms with van der Waals surface area (Å²) in [5, 5.41) is 3.21. The maximum absolute atomic E-state index is 4.50. The van der Waals surface area contributed by atoms with Crippen molar-refractivity contribution in [2.24, 2.45) is 0 Å². The molecule has 0 amide bonds. The Morgan fingerprint density at radius 3 is 2.41 bits per heavy atom. The van der Waals surface area contributed by atoms with Gasteiger partial charge < -0.3 is 5.32 Å². The Bertz CT molecular complexity index is 762. The van der Waals surface area contributed by atoms with E-state index in [-0.39, 0.29) is 0 Å². The summed E-state index contributed by atoms with van der Waals surface area (Å²) in [6, 6.07) is 20.2. The van der Waals surface area contributed by atoms with Crippen molar-refractivity contribution in [3.63, 3.8) is 0 Å². The molecule has 0 aliphatic heterocycles. The van der Waals surface area contributed by atoms with Gasteiger partial charge in [0.2, 0.25) is 5.95 Å². The molecular weight excluding hydrogens is 270 g/mol. The molecular formula is C19H17N3. The van der Waals surface area contributed by atoms with Gasteiger partial charge in [-0.3, -0.25) is 0 Å². The summed E-state index contributed by atoms with van der Waals surface area (Å²) in [7, 11) is 0. The molecule has 0 saturated carbocycles. The highest BCUT2D eigenvalue weighted by Crippen LogP contribution is 2.14. The second kappa shape index (κ2) is 6.68. The monoisotopic (exact) mass is 287 g/mol. The molecule has 0 unspecified atom stereocenters. The van der Waals surface area contributed by atoms with E-state index in [2.05, 4.69) is 46.5 Å². The van der Waals surface area contributed by atoms with Crippen molar-refractivity contribution in [1.82, 2.24) is 9.97 Å². The first-order chi connectivity index (χ1) is 10.8. The Hall–Kier alpha value is -2.94. The first-order valence-corrected chi connectivity index (χ1v) is 7.19. The molecule has 3 nitrogen and oxygen atoms in total. The lowest BCUT2D eigenvalue weighted by Crippen LogP contribution is -1.97. The predicted molar refractivity (Wildman–Crippen MR) is 91.9 cm³/mol. The Balaban J connectivity index is 1.75. The van der Waals surface area contributed by atoms with Gasteiger partial charge in [-0.15, -0.1) is 0 Å². The quantitative estimate of drug-likeness (QED) is 0.756. The van der Waals surface area contributed by atoms with Gasteiger partial charge in [0.15, 0.2) is 0 Å². The third-order valence-corrected chi connectivity index (χ3v) is 3.23. The van der Waals surface area contributed by atoms with Crippen LogP contribution in [0.5, 0.6) is 0 Å². The van der Waals surface area contributed by atoms with Crippen LogP contribution in [0.4, 0.5) is 11.6 Å². The van der Waals surface area contributed by atoms with E-state index in [0.717, 1.165) is 16.9 Å². The average Bonchev–Trinajstić information content (AvgIpc) is 2.57. The van der Waals surface area contributed by atoms with Crippen LogP contribution in [0.1, 0.15) is 16.8 Å². The zero-order valence-electron chi connectivity index (χ0n) is 12.4. The SMILES string of the molecule is Cc1ccc(Nc2nccc(/C=C/c3ccccc3)n2)cc1. The van der Waals surface area contributed by atoms with Gasteiger partial charge in [0.25, 0.3) is 0 Å². The highest BCUT2D eigenvalue weighted by atomic mass is 15.1. The first kappa shape index (κ1) is 14.0. The van der Waals surface area contributed by atoms with Crippen molar-refractivity contribution in [2.75, 3.05) is 5.32 Å². The van der Waals surface area contributed by atoms with Crippen LogP contribution in [0.3, 0.4) is 0 Å². The molecule has 3 aromatic rings. The van der Waals surface area contributed by atoms with Gasteiger partial charge in [-0.05, 0) is 36.8 Å². The normalized spacial score (nSPS) is 10.8. The topological polar surface area (TPSA) is 37.8 Å². The van der Waals surface area contributed by atoms with Gasteiger partial charge in [-0.25, -0.2) is 9.97 Å². The van der Waals surface area contributed by atoms with E-state index in [4.69, 9.17) is 0 Å². The zero-order chi connectivity index (χ0) is 15.2. The molecule has 1 aromatic heterocycles. The number of hydrogen-bond acceptors (Lipinski definition) is 3. The summed E-state index contributed by atoms with van der Waals surface area (Å²) in [6.45, 7) is 2.06. The Morgan fingerprint density at radius 1 is 0.864 bits per heavy atom. The molecule has 0 bridgehead atoms. The van der Waals surface area contributed by atoms with Gasteiger partial charge in [-0.2, -0.15) is 0 Å². The maximum Gasteiger partial charge on any atom is 0.227 e. The van der Waals surface area contributed by atoms with E-state index in [1.165, 1.54) is 5.56 Å². The largest absolute Gasteiger partial charge is 0.324 e. The van der Waals surface area contributed by atoms with Crippen LogP contribution in [0.15, 0.2) is 66.9 Å². The van der Waals surface area contributed by atoms with E-state index < -0.39 is 0 Å². The Kier molecular flexibility index (Phi) is 4.25. The lowest BCUT2D eigenvalue weighted by atomic mass is 10.2. The van der Waals surface area contributed by atoms with Crippen LogP contribution in [0.2, 0.25) is 0 Å². The van der Waals surface area contributed by atoms with Gasteiger partial charge in [0.05, 0.1) is 5.69 Å². The molecule has 0 atom stereocenters. The van der Waals surface area contributed by atoms with Gasteiger partial charge >= 0.3 is 0 Å². The number of rotatable bonds is 4. The Morgan fingerprint density at radius 2 is 1.64 bits per heavy atom. The van der Waals surface area contributed by atoms with E-state index >= 15 is 0 Å². The van der Waals surface area contributed by atoms with Crippen molar-refractivity contribution in [3.05, 3.63) is 83.7 Å². The Labute approximate surface area is 130 Å². The van der Waals surface area contributed by atoms with Crippen molar-refractivity contribution < 1.29 is 0 Å². The van der Waals surface area contributed by atoms with Gasteiger partial charge in [0.1, 0.15) is 0 Å². The van der Waals surface area contributed by atoms with Crippen LogP contribution in [-0.2, 0) is 0 Å². The minimum absolute atomic E-state index is 0.596.